The van der Waals surface area contributed by atoms with Crippen LogP contribution in [0.15, 0.2) is 40.2 Å². The Morgan fingerprint density at radius 1 is 1.28 bits per heavy atom. The molecule has 1 unspecified atom stereocenters. The van der Waals surface area contributed by atoms with Gasteiger partial charge in [0.05, 0.1) is 6.33 Å². The van der Waals surface area contributed by atoms with Gasteiger partial charge in [0.15, 0.2) is 11.2 Å². The molecule has 2 N–H and O–H groups in total. The number of hydrogen-bond acceptors (Lipinski definition) is 5. The summed E-state index contributed by atoms with van der Waals surface area (Å²) in [5.74, 6) is -0.384. The van der Waals surface area contributed by atoms with Gasteiger partial charge < -0.3 is 15.2 Å². The van der Waals surface area contributed by atoms with Crippen molar-refractivity contribution < 1.29 is 4.79 Å². The van der Waals surface area contributed by atoms with Gasteiger partial charge in [0.2, 0.25) is 5.91 Å². The van der Waals surface area contributed by atoms with Crippen LogP contribution in [0.2, 0.25) is 0 Å². The van der Waals surface area contributed by atoms with E-state index in [0.29, 0.717) is 12.2 Å². The lowest BCUT2D eigenvalue weighted by Crippen LogP contribution is -2.45. The summed E-state index contributed by atoms with van der Waals surface area (Å²) in [6.45, 7) is 0.897. The molecule has 1 aliphatic heterocycles. The second-order valence-electron chi connectivity index (χ2n) is 7.02. The standard InChI is InChI=1S/C19H22N6O3.ClH/c1-23-11-22-17-16(23)18(27)25(19(28)24(17)2)10-15(26)21-9-14-13-6-4-3-5-12(13)7-8-20-14;/h3-6,11,14,20H,7-10H2,1-2H3,(H,21,26);1H. The first kappa shape index (κ1) is 20.8. The van der Waals surface area contributed by atoms with E-state index in [2.05, 4.69) is 27.8 Å². The molecule has 1 amide bonds. The second kappa shape index (κ2) is 8.22. The Morgan fingerprint density at radius 3 is 2.83 bits per heavy atom. The highest BCUT2D eigenvalue weighted by molar-refractivity contribution is 5.85. The summed E-state index contributed by atoms with van der Waals surface area (Å²) in [6, 6.07) is 8.14. The van der Waals surface area contributed by atoms with E-state index in [1.807, 2.05) is 12.1 Å². The van der Waals surface area contributed by atoms with Crippen molar-refractivity contribution >= 4 is 29.5 Å². The van der Waals surface area contributed by atoms with Gasteiger partial charge in [-0.25, -0.2) is 14.3 Å². The smallest absolute Gasteiger partial charge is 0.332 e. The maximum atomic E-state index is 12.7. The Bertz CT molecular complexity index is 1180. The van der Waals surface area contributed by atoms with Crippen LogP contribution in [0.4, 0.5) is 0 Å². The largest absolute Gasteiger partial charge is 0.353 e. The molecule has 1 atom stereocenters. The van der Waals surface area contributed by atoms with Crippen LogP contribution in [0.1, 0.15) is 17.2 Å². The minimum atomic E-state index is -0.563. The Hall–Kier alpha value is -2.91. The Kier molecular flexibility index (Phi) is 5.90. The van der Waals surface area contributed by atoms with Gasteiger partial charge in [0.25, 0.3) is 5.56 Å². The summed E-state index contributed by atoms with van der Waals surface area (Å²) in [5.41, 5.74) is 1.95. The number of aryl methyl sites for hydroxylation is 2. The molecule has 1 aromatic carbocycles. The van der Waals surface area contributed by atoms with Crippen LogP contribution >= 0.6 is 12.4 Å². The molecule has 4 rings (SSSR count). The normalized spacial score (nSPS) is 15.6. The summed E-state index contributed by atoms with van der Waals surface area (Å²) in [7, 11) is 3.21. The predicted octanol–water partition coefficient (Wildman–Crippen LogP) is -0.141. The molecule has 0 spiro atoms. The van der Waals surface area contributed by atoms with E-state index in [4.69, 9.17) is 0 Å². The molecule has 0 aliphatic carbocycles. The average Bonchev–Trinajstić information content (AvgIpc) is 3.09. The van der Waals surface area contributed by atoms with Crippen LogP contribution in [0.5, 0.6) is 0 Å². The van der Waals surface area contributed by atoms with Crippen molar-refractivity contribution in [2.75, 3.05) is 13.1 Å². The summed E-state index contributed by atoms with van der Waals surface area (Å²) < 4.78 is 3.78. The molecule has 0 saturated heterocycles. The predicted molar refractivity (Wildman–Crippen MR) is 111 cm³/mol. The molecular weight excluding hydrogens is 396 g/mol. The van der Waals surface area contributed by atoms with E-state index in [9.17, 15) is 14.4 Å². The van der Waals surface area contributed by atoms with Crippen molar-refractivity contribution in [3.63, 3.8) is 0 Å². The van der Waals surface area contributed by atoms with Gasteiger partial charge in [-0.2, -0.15) is 0 Å². The number of carbonyl (C=O) groups excluding carboxylic acids is 1. The molecule has 0 bridgehead atoms. The minimum absolute atomic E-state index is 0. The number of halogens is 1. The lowest BCUT2D eigenvalue weighted by atomic mass is 9.94. The second-order valence-corrected chi connectivity index (χ2v) is 7.02. The van der Waals surface area contributed by atoms with Crippen LogP contribution in [-0.4, -0.2) is 37.7 Å². The van der Waals surface area contributed by atoms with Crippen LogP contribution in [0.3, 0.4) is 0 Å². The van der Waals surface area contributed by atoms with E-state index in [1.54, 1.807) is 11.6 Å². The van der Waals surface area contributed by atoms with Gasteiger partial charge in [-0.1, -0.05) is 24.3 Å². The van der Waals surface area contributed by atoms with Crippen LogP contribution in [0, 0.1) is 0 Å². The van der Waals surface area contributed by atoms with Gasteiger partial charge in [-0.3, -0.25) is 14.2 Å². The van der Waals surface area contributed by atoms with Crippen LogP contribution in [0.25, 0.3) is 11.2 Å². The van der Waals surface area contributed by atoms with Crippen molar-refractivity contribution in [1.82, 2.24) is 29.3 Å². The fraction of sp³-hybridized carbons (Fsp3) is 0.368. The van der Waals surface area contributed by atoms with Gasteiger partial charge in [0, 0.05) is 26.7 Å². The van der Waals surface area contributed by atoms with Gasteiger partial charge in [-0.05, 0) is 24.1 Å². The van der Waals surface area contributed by atoms with Gasteiger partial charge in [0.1, 0.15) is 6.54 Å². The maximum absolute atomic E-state index is 12.7. The number of rotatable bonds is 4. The van der Waals surface area contributed by atoms with Crippen molar-refractivity contribution in [3.05, 3.63) is 62.6 Å². The Balaban J connectivity index is 0.00000240. The van der Waals surface area contributed by atoms with E-state index < -0.39 is 11.2 Å². The number of carbonyl (C=O) groups is 1. The Morgan fingerprint density at radius 2 is 2.03 bits per heavy atom. The van der Waals surface area contributed by atoms with E-state index in [0.717, 1.165) is 17.5 Å². The summed E-state index contributed by atoms with van der Waals surface area (Å²) >= 11 is 0. The number of hydrogen-bond donors (Lipinski definition) is 2. The molecule has 9 nitrogen and oxygen atoms in total. The molecular formula is C19H23ClN6O3. The SMILES string of the molecule is Cl.Cn1cnc2c1c(=O)n(CC(=O)NCC1NCCc3ccccc31)c(=O)n2C. The molecule has 29 heavy (non-hydrogen) atoms. The average molecular weight is 419 g/mol. The van der Waals surface area contributed by atoms with E-state index >= 15 is 0 Å². The number of benzene rings is 1. The van der Waals surface area contributed by atoms with Gasteiger partial charge in [-0.15, -0.1) is 12.4 Å². The highest BCUT2D eigenvalue weighted by atomic mass is 35.5. The number of nitrogens with zero attached hydrogens (tertiary/aromatic N) is 4. The first-order valence-electron chi connectivity index (χ1n) is 9.16. The van der Waals surface area contributed by atoms with Crippen LogP contribution < -0.4 is 21.9 Å². The molecule has 2 aromatic heterocycles. The summed E-state index contributed by atoms with van der Waals surface area (Å²) in [4.78, 5) is 41.7. The van der Waals surface area contributed by atoms with Crippen molar-refractivity contribution in [2.24, 2.45) is 14.1 Å². The first-order chi connectivity index (χ1) is 13.5. The first-order valence-corrected chi connectivity index (χ1v) is 9.16. The number of fused-ring (bicyclic) bond motifs is 2. The van der Waals surface area contributed by atoms with Gasteiger partial charge >= 0.3 is 5.69 Å². The van der Waals surface area contributed by atoms with E-state index in [1.165, 1.54) is 29.1 Å². The third kappa shape index (κ3) is 3.70. The number of aromatic nitrogens is 4. The topological polar surface area (TPSA) is 103 Å². The van der Waals surface area contributed by atoms with Crippen molar-refractivity contribution in [1.29, 1.82) is 0 Å². The zero-order valence-corrected chi connectivity index (χ0v) is 17.0. The summed E-state index contributed by atoms with van der Waals surface area (Å²) in [5, 5.41) is 6.23. The lowest BCUT2D eigenvalue weighted by Gasteiger charge is -2.27. The Labute approximate surface area is 172 Å². The molecule has 154 valence electrons. The zero-order valence-electron chi connectivity index (χ0n) is 16.2. The third-order valence-corrected chi connectivity index (χ3v) is 5.22. The number of imidazole rings is 1. The fourth-order valence-electron chi connectivity index (χ4n) is 3.73. The molecule has 0 radical (unpaired) electrons. The molecule has 0 saturated carbocycles. The zero-order chi connectivity index (χ0) is 19.8. The molecule has 3 aromatic rings. The van der Waals surface area contributed by atoms with Crippen molar-refractivity contribution in [2.45, 2.75) is 19.0 Å². The quantitative estimate of drug-likeness (QED) is 0.614. The lowest BCUT2D eigenvalue weighted by molar-refractivity contribution is -0.121. The highest BCUT2D eigenvalue weighted by Gasteiger charge is 2.21. The third-order valence-electron chi connectivity index (χ3n) is 5.22. The minimum Gasteiger partial charge on any atom is -0.353 e. The molecule has 3 heterocycles. The van der Waals surface area contributed by atoms with Crippen molar-refractivity contribution in [3.8, 4) is 0 Å². The monoisotopic (exact) mass is 418 g/mol. The number of amides is 1. The molecule has 1 aliphatic rings. The maximum Gasteiger partial charge on any atom is 0.332 e. The van der Waals surface area contributed by atoms with Crippen LogP contribution in [-0.2, 0) is 31.9 Å². The van der Waals surface area contributed by atoms with E-state index in [-0.39, 0.29) is 36.4 Å². The number of nitrogens with one attached hydrogen (secondary N) is 2. The highest BCUT2D eigenvalue weighted by Crippen LogP contribution is 2.21. The molecule has 0 fully saturated rings. The fourth-order valence-corrected chi connectivity index (χ4v) is 3.73. The molecule has 10 heteroatoms. The summed E-state index contributed by atoms with van der Waals surface area (Å²) in [6.07, 6.45) is 2.43.